The van der Waals surface area contributed by atoms with E-state index in [4.69, 9.17) is 9.47 Å². The first-order chi connectivity index (χ1) is 13.1. The number of hydrogen-bond acceptors (Lipinski definition) is 5. The largest absolute Gasteiger partial charge is 0.461 e. The SMILES string of the molecule is CCOC(=O)c1c(C=O)c2c(n1C)CN(C(=O)OCc1ccccc1)CC2. The molecular formula is C20H22N2O5. The molecule has 0 saturated carbocycles. The summed E-state index contributed by atoms with van der Waals surface area (Å²) in [7, 11) is 1.71. The van der Waals surface area contributed by atoms with Crippen LogP contribution in [0, 0.1) is 0 Å². The van der Waals surface area contributed by atoms with Crippen molar-refractivity contribution in [3.05, 3.63) is 58.4 Å². The number of fused-ring (bicyclic) bond motifs is 1. The standard InChI is InChI=1S/C20H22N2O5/c1-3-26-19(24)18-16(12-23)15-9-10-22(11-17(15)21(18)2)20(25)27-13-14-7-5-4-6-8-14/h4-8,12H,3,9-11,13H2,1-2H3. The number of benzene rings is 1. The second kappa shape index (κ2) is 8.07. The van der Waals surface area contributed by atoms with E-state index < -0.39 is 12.1 Å². The maximum Gasteiger partial charge on any atom is 0.410 e. The number of carbonyl (C=O) groups excluding carboxylic acids is 3. The minimum atomic E-state index is -0.533. The third kappa shape index (κ3) is 3.72. The lowest BCUT2D eigenvalue weighted by Gasteiger charge is -2.27. The van der Waals surface area contributed by atoms with Crippen LogP contribution in [0.1, 0.15) is 44.6 Å². The lowest BCUT2D eigenvalue weighted by Crippen LogP contribution is -2.37. The Morgan fingerprint density at radius 3 is 2.59 bits per heavy atom. The zero-order valence-electron chi connectivity index (χ0n) is 15.4. The molecule has 0 unspecified atom stereocenters. The highest BCUT2D eigenvalue weighted by Gasteiger charge is 2.31. The molecule has 1 aromatic carbocycles. The van der Waals surface area contributed by atoms with Crippen molar-refractivity contribution in [1.29, 1.82) is 0 Å². The molecule has 1 aromatic heterocycles. The van der Waals surface area contributed by atoms with Crippen LogP contribution in [0.4, 0.5) is 4.79 Å². The van der Waals surface area contributed by atoms with Crippen LogP contribution in [0.2, 0.25) is 0 Å². The van der Waals surface area contributed by atoms with Gasteiger partial charge in [-0.3, -0.25) is 4.79 Å². The highest BCUT2D eigenvalue weighted by atomic mass is 16.6. The zero-order valence-corrected chi connectivity index (χ0v) is 15.4. The average Bonchev–Trinajstić information content (AvgIpc) is 2.98. The smallest absolute Gasteiger partial charge is 0.410 e. The van der Waals surface area contributed by atoms with Crippen molar-refractivity contribution in [3.8, 4) is 0 Å². The van der Waals surface area contributed by atoms with Gasteiger partial charge in [-0.1, -0.05) is 30.3 Å². The predicted molar refractivity (Wildman–Crippen MR) is 97.5 cm³/mol. The van der Waals surface area contributed by atoms with E-state index >= 15 is 0 Å². The second-order valence-corrected chi connectivity index (χ2v) is 6.30. The summed E-state index contributed by atoms with van der Waals surface area (Å²) in [5, 5.41) is 0. The van der Waals surface area contributed by atoms with E-state index in [0.717, 1.165) is 16.8 Å². The van der Waals surface area contributed by atoms with Crippen LogP contribution in [0.15, 0.2) is 30.3 Å². The first kappa shape index (κ1) is 18.7. The van der Waals surface area contributed by atoms with E-state index in [2.05, 4.69) is 0 Å². The summed E-state index contributed by atoms with van der Waals surface area (Å²) in [6, 6.07) is 9.45. The lowest BCUT2D eigenvalue weighted by molar-refractivity contribution is 0.0512. The number of carbonyl (C=O) groups is 3. The molecule has 1 aliphatic heterocycles. The number of hydrogen-bond donors (Lipinski definition) is 0. The molecule has 3 rings (SSSR count). The number of aromatic nitrogens is 1. The predicted octanol–water partition coefficient (Wildman–Crippen LogP) is 2.71. The molecule has 1 amide bonds. The molecule has 0 aliphatic carbocycles. The molecule has 0 spiro atoms. The Bertz CT molecular complexity index is 857. The molecule has 0 atom stereocenters. The number of aldehydes is 1. The molecule has 0 N–H and O–H groups in total. The zero-order chi connectivity index (χ0) is 19.4. The van der Waals surface area contributed by atoms with Crippen LogP contribution in [-0.4, -0.2) is 41.0 Å². The molecule has 2 aromatic rings. The average molecular weight is 370 g/mol. The van der Waals surface area contributed by atoms with Crippen molar-refractivity contribution in [2.24, 2.45) is 7.05 Å². The van der Waals surface area contributed by atoms with E-state index in [0.29, 0.717) is 24.8 Å². The van der Waals surface area contributed by atoms with Gasteiger partial charge in [0.25, 0.3) is 0 Å². The molecule has 0 saturated heterocycles. The Kier molecular flexibility index (Phi) is 5.59. The summed E-state index contributed by atoms with van der Waals surface area (Å²) in [5.41, 5.74) is 3.04. The first-order valence-corrected chi connectivity index (χ1v) is 8.85. The quantitative estimate of drug-likeness (QED) is 0.597. The van der Waals surface area contributed by atoms with Gasteiger partial charge in [0.1, 0.15) is 12.3 Å². The molecular weight excluding hydrogens is 348 g/mol. The number of esters is 1. The highest BCUT2D eigenvalue weighted by Crippen LogP contribution is 2.28. The number of amides is 1. The van der Waals surface area contributed by atoms with Gasteiger partial charge < -0.3 is 18.9 Å². The molecule has 7 heteroatoms. The van der Waals surface area contributed by atoms with Crippen molar-refractivity contribution in [1.82, 2.24) is 9.47 Å². The third-order valence-electron chi connectivity index (χ3n) is 4.69. The van der Waals surface area contributed by atoms with Crippen LogP contribution in [0.3, 0.4) is 0 Å². The molecule has 0 bridgehead atoms. The van der Waals surface area contributed by atoms with Crippen molar-refractivity contribution in [2.45, 2.75) is 26.5 Å². The summed E-state index contributed by atoms with van der Waals surface area (Å²) in [6.07, 6.45) is 0.752. The van der Waals surface area contributed by atoms with Crippen LogP contribution in [0.25, 0.3) is 0 Å². The molecule has 1 aliphatic rings. The van der Waals surface area contributed by atoms with E-state index in [9.17, 15) is 14.4 Å². The van der Waals surface area contributed by atoms with Crippen molar-refractivity contribution < 1.29 is 23.9 Å². The molecule has 2 heterocycles. The molecule has 0 radical (unpaired) electrons. The van der Waals surface area contributed by atoms with Gasteiger partial charge >= 0.3 is 12.1 Å². The Labute approximate surface area is 157 Å². The van der Waals surface area contributed by atoms with Crippen LogP contribution in [-0.2, 0) is 36.1 Å². The summed E-state index contributed by atoms with van der Waals surface area (Å²) in [6.45, 7) is 2.84. The van der Waals surface area contributed by atoms with E-state index in [1.165, 1.54) is 0 Å². The highest BCUT2D eigenvalue weighted by molar-refractivity contribution is 5.98. The Morgan fingerprint density at radius 1 is 1.19 bits per heavy atom. The molecule has 7 nitrogen and oxygen atoms in total. The Balaban J connectivity index is 1.76. The van der Waals surface area contributed by atoms with Crippen LogP contribution in [0.5, 0.6) is 0 Å². The normalized spacial score (nSPS) is 13.0. The number of rotatable bonds is 5. The Morgan fingerprint density at radius 2 is 1.93 bits per heavy atom. The van der Waals surface area contributed by atoms with Gasteiger partial charge in [0.2, 0.25) is 0 Å². The molecule has 142 valence electrons. The van der Waals surface area contributed by atoms with Gasteiger partial charge in [0, 0.05) is 19.3 Å². The summed E-state index contributed by atoms with van der Waals surface area (Å²) in [4.78, 5) is 37.8. The first-order valence-electron chi connectivity index (χ1n) is 8.85. The minimum Gasteiger partial charge on any atom is -0.461 e. The van der Waals surface area contributed by atoms with Crippen molar-refractivity contribution in [3.63, 3.8) is 0 Å². The fourth-order valence-electron chi connectivity index (χ4n) is 3.34. The van der Waals surface area contributed by atoms with Gasteiger partial charge in [-0.15, -0.1) is 0 Å². The van der Waals surface area contributed by atoms with E-state index in [1.54, 1.807) is 23.4 Å². The van der Waals surface area contributed by atoms with E-state index in [-0.39, 0.29) is 25.5 Å². The van der Waals surface area contributed by atoms with Gasteiger partial charge in [0.15, 0.2) is 6.29 Å². The fourth-order valence-corrected chi connectivity index (χ4v) is 3.34. The van der Waals surface area contributed by atoms with Gasteiger partial charge in [-0.25, -0.2) is 9.59 Å². The van der Waals surface area contributed by atoms with Crippen molar-refractivity contribution in [2.75, 3.05) is 13.2 Å². The van der Waals surface area contributed by atoms with Crippen LogP contribution >= 0.6 is 0 Å². The monoisotopic (exact) mass is 370 g/mol. The number of nitrogens with zero attached hydrogens (tertiary/aromatic N) is 2. The van der Waals surface area contributed by atoms with Gasteiger partial charge in [0.05, 0.1) is 18.7 Å². The van der Waals surface area contributed by atoms with Gasteiger partial charge in [-0.2, -0.15) is 0 Å². The van der Waals surface area contributed by atoms with Crippen molar-refractivity contribution >= 4 is 18.3 Å². The Hall–Kier alpha value is -3.09. The topological polar surface area (TPSA) is 77.8 Å². The fraction of sp³-hybridized carbons (Fsp3) is 0.350. The molecule has 27 heavy (non-hydrogen) atoms. The number of ether oxygens (including phenoxy) is 2. The second-order valence-electron chi connectivity index (χ2n) is 6.30. The van der Waals surface area contributed by atoms with E-state index in [1.807, 2.05) is 30.3 Å². The summed E-state index contributed by atoms with van der Waals surface area (Å²) in [5.74, 6) is -0.533. The van der Waals surface area contributed by atoms with Crippen LogP contribution < -0.4 is 0 Å². The van der Waals surface area contributed by atoms with Gasteiger partial charge in [-0.05, 0) is 24.5 Å². The maximum atomic E-state index is 12.4. The summed E-state index contributed by atoms with van der Waals surface area (Å²) < 4.78 is 12.1. The minimum absolute atomic E-state index is 0.198. The maximum absolute atomic E-state index is 12.4. The third-order valence-corrected chi connectivity index (χ3v) is 4.69. The molecule has 0 fully saturated rings. The summed E-state index contributed by atoms with van der Waals surface area (Å²) >= 11 is 0. The lowest BCUT2D eigenvalue weighted by atomic mass is 10.0.